The predicted molar refractivity (Wildman–Crippen MR) is 56.0 cm³/mol. The largest absolute Gasteiger partial charge is 0.323 e. The number of nitrogens with one attached hydrogen (secondary N) is 1. The molecule has 1 atom stereocenters. The molecule has 3 N–H and O–H groups in total. The van der Waals surface area contributed by atoms with Crippen LogP contribution in [0.15, 0.2) is 11.1 Å². The van der Waals surface area contributed by atoms with Crippen molar-refractivity contribution in [1.82, 2.24) is 9.97 Å². The van der Waals surface area contributed by atoms with Gasteiger partial charge in [-0.05, 0) is 19.3 Å². The van der Waals surface area contributed by atoms with Gasteiger partial charge in [0.1, 0.15) is 0 Å². The average molecular weight is 195 g/mol. The lowest BCUT2D eigenvalue weighted by atomic mass is 10.00. The van der Waals surface area contributed by atoms with Crippen LogP contribution in [-0.4, -0.2) is 9.97 Å². The van der Waals surface area contributed by atoms with Crippen LogP contribution in [0.4, 0.5) is 0 Å². The Balaban J connectivity index is 2.95. The van der Waals surface area contributed by atoms with Gasteiger partial charge in [0.2, 0.25) is 0 Å². The van der Waals surface area contributed by atoms with Crippen LogP contribution in [-0.2, 0) is 0 Å². The second kappa shape index (κ2) is 4.37. The molecule has 0 aliphatic rings. The Morgan fingerprint density at radius 3 is 2.79 bits per heavy atom. The first kappa shape index (κ1) is 10.9. The number of H-pyrrole nitrogens is 1. The molecule has 14 heavy (non-hydrogen) atoms. The number of rotatable bonds is 3. The van der Waals surface area contributed by atoms with Gasteiger partial charge in [-0.2, -0.15) is 0 Å². The zero-order chi connectivity index (χ0) is 10.7. The van der Waals surface area contributed by atoms with Crippen molar-refractivity contribution in [2.45, 2.75) is 33.2 Å². The molecule has 1 aromatic rings. The van der Waals surface area contributed by atoms with Crippen molar-refractivity contribution >= 4 is 0 Å². The van der Waals surface area contributed by atoms with Crippen LogP contribution in [0, 0.1) is 12.8 Å². The molecule has 0 bridgehead atoms. The van der Waals surface area contributed by atoms with Gasteiger partial charge in [-0.3, -0.25) is 4.79 Å². The highest BCUT2D eigenvalue weighted by atomic mass is 16.1. The summed E-state index contributed by atoms with van der Waals surface area (Å²) in [5.74, 6) is 0.505. The Kier molecular flexibility index (Phi) is 3.41. The Labute approximate surface area is 83.6 Å². The van der Waals surface area contributed by atoms with E-state index in [1.54, 1.807) is 6.92 Å². The predicted octanol–water partition coefficient (Wildman–Crippen LogP) is 1.12. The van der Waals surface area contributed by atoms with Crippen LogP contribution in [0.1, 0.15) is 37.6 Å². The molecule has 78 valence electrons. The molecule has 1 heterocycles. The van der Waals surface area contributed by atoms with E-state index < -0.39 is 0 Å². The fraction of sp³-hybridized carbons (Fsp3) is 0.600. The average Bonchev–Trinajstić information content (AvgIpc) is 2.08. The topological polar surface area (TPSA) is 71.8 Å². The summed E-state index contributed by atoms with van der Waals surface area (Å²) in [6.07, 6.45) is 2.25. The number of nitrogens with two attached hydrogens (primary N) is 1. The van der Waals surface area contributed by atoms with Crippen molar-refractivity contribution in [3.8, 4) is 0 Å². The molecule has 4 nitrogen and oxygen atoms in total. The summed E-state index contributed by atoms with van der Waals surface area (Å²) in [7, 11) is 0. The number of aromatic amines is 1. The second-order valence-corrected chi connectivity index (χ2v) is 3.98. The molecule has 1 rings (SSSR count). The summed E-state index contributed by atoms with van der Waals surface area (Å²) < 4.78 is 0. The van der Waals surface area contributed by atoms with Crippen molar-refractivity contribution in [2.75, 3.05) is 0 Å². The Morgan fingerprint density at radius 2 is 2.21 bits per heavy atom. The van der Waals surface area contributed by atoms with Crippen molar-refractivity contribution < 1.29 is 0 Å². The van der Waals surface area contributed by atoms with Crippen LogP contribution >= 0.6 is 0 Å². The maximum absolute atomic E-state index is 11.3. The normalized spacial score (nSPS) is 13.2. The standard InChI is InChI=1S/C10H17N3O/c1-6(2)4-8(11)9-7(3)10(14)13-5-12-9/h5-6,8H,4,11H2,1-3H3,(H,12,13,14)/t8-/m1/s1. The van der Waals surface area contributed by atoms with Crippen LogP contribution in [0.25, 0.3) is 0 Å². The fourth-order valence-corrected chi connectivity index (χ4v) is 1.48. The zero-order valence-electron chi connectivity index (χ0n) is 8.87. The van der Waals surface area contributed by atoms with Crippen LogP contribution in [0.2, 0.25) is 0 Å². The third kappa shape index (κ3) is 2.42. The molecule has 0 saturated carbocycles. The summed E-state index contributed by atoms with van der Waals surface area (Å²) in [4.78, 5) is 17.9. The lowest BCUT2D eigenvalue weighted by Gasteiger charge is -2.14. The highest BCUT2D eigenvalue weighted by Crippen LogP contribution is 2.17. The molecule has 0 aliphatic carbocycles. The van der Waals surface area contributed by atoms with Crippen molar-refractivity contribution in [1.29, 1.82) is 0 Å². The molecule has 1 aromatic heterocycles. The minimum atomic E-state index is -0.141. The third-order valence-electron chi connectivity index (χ3n) is 2.20. The lowest BCUT2D eigenvalue weighted by Crippen LogP contribution is -2.21. The summed E-state index contributed by atoms with van der Waals surface area (Å²) in [6.45, 7) is 5.95. The minimum absolute atomic E-state index is 0.103. The minimum Gasteiger partial charge on any atom is -0.323 e. The Morgan fingerprint density at radius 1 is 1.57 bits per heavy atom. The van der Waals surface area contributed by atoms with Crippen molar-refractivity contribution in [3.05, 3.63) is 27.9 Å². The quantitative estimate of drug-likeness (QED) is 0.759. The van der Waals surface area contributed by atoms with E-state index in [1.165, 1.54) is 6.33 Å². The third-order valence-corrected chi connectivity index (χ3v) is 2.20. The van der Waals surface area contributed by atoms with E-state index in [0.717, 1.165) is 6.42 Å². The van der Waals surface area contributed by atoms with E-state index in [2.05, 4.69) is 23.8 Å². The van der Waals surface area contributed by atoms with E-state index in [-0.39, 0.29) is 11.6 Å². The first-order chi connectivity index (χ1) is 6.52. The molecule has 0 aromatic carbocycles. The monoisotopic (exact) mass is 195 g/mol. The van der Waals surface area contributed by atoms with E-state index in [4.69, 9.17) is 5.73 Å². The van der Waals surface area contributed by atoms with Gasteiger partial charge in [-0.1, -0.05) is 13.8 Å². The molecule has 0 fully saturated rings. The van der Waals surface area contributed by atoms with E-state index in [9.17, 15) is 4.79 Å². The number of aromatic nitrogens is 2. The van der Waals surface area contributed by atoms with E-state index in [0.29, 0.717) is 17.2 Å². The molecule has 0 radical (unpaired) electrons. The smallest absolute Gasteiger partial charge is 0.253 e. The molecule has 0 aliphatic heterocycles. The van der Waals surface area contributed by atoms with Gasteiger partial charge in [0.05, 0.1) is 12.0 Å². The van der Waals surface area contributed by atoms with Gasteiger partial charge in [-0.25, -0.2) is 4.98 Å². The summed E-state index contributed by atoms with van der Waals surface area (Å²) in [6, 6.07) is -0.141. The van der Waals surface area contributed by atoms with Gasteiger partial charge < -0.3 is 10.7 Å². The first-order valence-electron chi connectivity index (χ1n) is 4.82. The maximum atomic E-state index is 11.3. The molecule has 0 saturated heterocycles. The summed E-state index contributed by atoms with van der Waals surface area (Å²) >= 11 is 0. The second-order valence-electron chi connectivity index (χ2n) is 3.98. The summed E-state index contributed by atoms with van der Waals surface area (Å²) in [5.41, 5.74) is 7.18. The van der Waals surface area contributed by atoms with Crippen LogP contribution in [0.3, 0.4) is 0 Å². The molecule has 0 amide bonds. The number of hydrogen-bond acceptors (Lipinski definition) is 3. The fourth-order valence-electron chi connectivity index (χ4n) is 1.48. The summed E-state index contributed by atoms with van der Waals surface area (Å²) in [5, 5.41) is 0. The zero-order valence-corrected chi connectivity index (χ0v) is 8.87. The highest BCUT2D eigenvalue weighted by Gasteiger charge is 2.13. The van der Waals surface area contributed by atoms with E-state index in [1.807, 2.05) is 0 Å². The van der Waals surface area contributed by atoms with Crippen molar-refractivity contribution in [2.24, 2.45) is 11.7 Å². The number of hydrogen-bond donors (Lipinski definition) is 2. The van der Waals surface area contributed by atoms with E-state index >= 15 is 0 Å². The van der Waals surface area contributed by atoms with Gasteiger partial charge in [0.25, 0.3) is 5.56 Å². The Hall–Kier alpha value is -1.16. The highest BCUT2D eigenvalue weighted by molar-refractivity contribution is 5.17. The van der Waals surface area contributed by atoms with Gasteiger partial charge in [0, 0.05) is 11.6 Å². The van der Waals surface area contributed by atoms with Crippen LogP contribution < -0.4 is 11.3 Å². The Bertz CT molecular complexity index is 357. The number of nitrogens with zero attached hydrogens (tertiary/aromatic N) is 1. The molecule has 0 spiro atoms. The van der Waals surface area contributed by atoms with Gasteiger partial charge in [-0.15, -0.1) is 0 Å². The van der Waals surface area contributed by atoms with Crippen LogP contribution in [0.5, 0.6) is 0 Å². The maximum Gasteiger partial charge on any atom is 0.253 e. The molecular formula is C10H17N3O. The molecular weight excluding hydrogens is 178 g/mol. The van der Waals surface area contributed by atoms with Gasteiger partial charge >= 0.3 is 0 Å². The molecule has 4 heteroatoms. The first-order valence-corrected chi connectivity index (χ1v) is 4.82. The lowest BCUT2D eigenvalue weighted by molar-refractivity contribution is 0.499. The van der Waals surface area contributed by atoms with Gasteiger partial charge in [0.15, 0.2) is 0 Å². The molecule has 0 unspecified atom stereocenters. The van der Waals surface area contributed by atoms with Crippen molar-refractivity contribution in [3.63, 3.8) is 0 Å². The SMILES string of the molecule is Cc1c([C@H](N)CC(C)C)nc[nH]c1=O.